The van der Waals surface area contributed by atoms with Crippen LogP contribution in [0.4, 0.5) is 0 Å². The molecule has 1 aromatic carbocycles. The third-order valence-electron chi connectivity index (χ3n) is 2.06. The second-order valence-corrected chi connectivity index (χ2v) is 3.98. The van der Waals surface area contributed by atoms with Gasteiger partial charge in [0.2, 0.25) is 0 Å². The maximum Gasteiger partial charge on any atom is 0.0449 e. The smallest absolute Gasteiger partial charge is 0.0449 e. The Balaban J connectivity index is 0.00000169. The SMILES string of the molecule is Cc1ccc([C@H](N)CCO)cc1Br.Cl. The molecule has 4 heteroatoms. The molecule has 0 aliphatic rings. The lowest BCUT2D eigenvalue weighted by Crippen LogP contribution is -2.11. The summed E-state index contributed by atoms with van der Waals surface area (Å²) in [4.78, 5) is 0. The van der Waals surface area contributed by atoms with Crippen molar-refractivity contribution in [3.8, 4) is 0 Å². The molecule has 0 unspecified atom stereocenters. The van der Waals surface area contributed by atoms with Gasteiger partial charge < -0.3 is 10.8 Å². The van der Waals surface area contributed by atoms with E-state index in [1.54, 1.807) is 0 Å². The molecule has 14 heavy (non-hydrogen) atoms. The summed E-state index contributed by atoms with van der Waals surface area (Å²) in [5.74, 6) is 0. The van der Waals surface area contributed by atoms with Crippen LogP contribution in [-0.4, -0.2) is 11.7 Å². The number of rotatable bonds is 3. The highest BCUT2D eigenvalue weighted by atomic mass is 79.9. The van der Waals surface area contributed by atoms with Gasteiger partial charge >= 0.3 is 0 Å². The van der Waals surface area contributed by atoms with Crippen LogP contribution < -0.4 is 5.73 Å². The van der Waals surface area contributed by atoms with E-state index in [2.05, 4.69) is 15.9 Å². The molecule has 2 nitrogen and oxygen atoms in total. The van der Waals surface area contributed by atoms with E-state index >= 15 is 0 Å². The number of nitrogens with two attached hydrogens (primary N) is 1. The molecule has 1 rings (SSSR count). The van der Waals surface area contributed by atoms with Crippen LogP contribution in [0.3, 0.4) is 0 Å². The lowest BCUT2D eigenvalue weighted by molar-refractivity contribution is 0.276. The summed E-state index contributed by atoms with van der Waals surface area (Å²) in [6, 6.07) is 5.97. The summed E-state index contributed by atoms with van der Waals surface area (Å²) < 4.78 is 1.07. The Hall–Kier alpha value is -0.0900. The zero-order chi connectivity index (χ0) is 9.84. The molecule has 0 spiro atoms. The lowest BCUT2D eigenvalue weighted by atomic mass is 10.0. The summed E-state index contributed by atoms with van der Waals surface area (Å²) in [5, 5.41) is 8.73. The molecule has 1 aromatic rings. The molecular formula is C10H15BrClNO. The van der Waals surface area contributed by atoms with Crippen LogP contribution in [-0.2, 0) is 0 Å². The largest absolute Gasteiger partial charge is 0.396 e. The van der Waals surface area contributed by atoms with E-state index in [1.165, 1.54) is 5.56 Å². The van der Waals surface area contributed by atoms with Gasteiger partial charge in [0, 0.05) is 17.1 Å². The number of hydrogen-bond acceptors (Lipinski definition) is 2. The molecule has 0 aliphatic carbocycles. The van der Waals surface area contributed by atoms with E-state index in [-0.39, 0.29) is 25.1 Å². The highest BCUT2D eigenvalue weighted by Crippen LogP contribution is 2.21. The van der Waals surface area contributed by atoms with Gasteiger partial charge in [-0.05, 0) is 30.5 Å². The van der Waals surface area contributed by atoms with Crippen molar-refractivity contribution in [1.82, 2.24) is 0 Å². The van der Waals surface area contributed by atoms with Gasteiger partial charge in [-0.1, -0.05) is 28.1 Å². The second-order valence-electron chi connectivity index (χ2n) is 3.13. The average molecular weight is 281 g/mol. The van der Waals surface area contributed by atoms with Gasteiger partial charge in [-0.15, -0.1) is 12.4 Å². The van der Waals surface area contributed by atoms with Crippen LogP contribution in [0.1, 0.15) is 23.6 Å². The van der Waals surface area contributed by atoms with E-state index < -0.39 is 0 Å². The first kappa shape index (κ1) is 13.9. The maximum absolute atomic E-state index is 8.73. The van der Waals surface area contributed by atoms with Crippen molar-refractivity contribution < 1.29 is 5.11 Å². The highest BCUT2D eigenvalue weighted by Gasteiger charge is 2.05. The quantitative estimate of drug-likeness (QED) is 0.894. The summed E-state index contributed by atoms with van der Waals surface area (Å²) in [6.07, 6.45) is 0.607. The molecule has 1 atom stereocenters. The Morgan fingerprint density at radius 2 is 2.14 bits per heavy atom. The van der Waals surface area contributed by atoms with Gasteiger partial charge in [0.1, 0.15) is 0 Å². The molecule has 0 saturated carbocycles. The van der Waals surface area contributed by atoms with Gasteiger partial charge in [-0.2, -0.15) is 0 Å². The monoisotopic (exact) mass is 279 g/mol. The molecule has 0 aliphatic heterocycles. The topological polar surface area (TPSA) is 46.2 Å². The predicted molar refractivity (Wildman–Crippen MR) is 64.8 cm³/mol. The number of hydrogen-bond donors (Lipinski definition) is 2. The van der Waals surface area contributed by atoms with Crippen molar-refractivity contribution >= 4 is 28.3 Å². The molecule has 0 aromatic heterocycles. The highest BCUT2D eigenvalue weighted by molar-refractivity contribution is 9.10. The van der Waals surface area contributed by atoms with E-state index in [1.807, 2.05) is 25.1 Å². The minimum Gasteiger partial charge on any atom is -0.396 e. The van der Waals surface area contributed by atoms with Crippen molar-refractivity contribution in [1.29, 1.82) is 0 Å². The lowest BCUT2D eigenvalue weighted by Gasteiger charge is -2.11. The van der Waals surface area contributed by atoms with Gasteiger partial charge in [0.25, 0.3) is 0 Å². The number of aryl methyl sites for hydroxylation is 1. The summed E-state index contributed by atoms with van der Waals surface area (Å²) in [5.41, 5.74) is 8.10. The average Bonchev–Trinajstić information content (AvgIpc) is 2.10. The standard InChI is InChI=1S/C10H14BrNO.ClH/c1-7-2-3-8(6-9(7)11)10(12)4-5-13;/h2-3,6,10,13H,4-5,12H2,1H3;1H/t10-;/m1./s1. The van der Waals surface area contributed by atoms with Crippen LogP contribution in [0, 0.1) is 6.92 Å². The normalized spacial score (nSPS) is 12.0. The van der Waals surface area contributed by atoms with Crippen molar-refractivity contribution in [2.45, 2.75) is 19.4 Å². The van der Waals surface area contributed by atoms with Crippen LogP contribution in [0.2, 0.25) is 0 Å². The molecule has 0 bridgehead atoms. The Kier molecular flexibility index (Phi) is 6.36. The number of aliphatic hydroxyl groups is 1. The molecule has 0 heterocycles. The number of aliphatic hydroxyl groups excluding tert-OH is 1. The summed E-state index contributed by atoms with van der Waals surface area (Å²) in [6.45, 7) is 2.16. The van der Waals surface area contributed by atoms with Crippen LogP contribution in [0.5, 0.6) is 0 Å². The van der Waals surface area contributed by atoms with E-state index in [9.17, 15) is 0 Å². The van der Waals surface area contributed by atoms with Crippen molar-refractivity contribution in [3.05, 3.63) is 33.8 Å². The number of benzene rings is 1. The Labute approximate surface area is 99.0 Å². The first-order valence-corrected chi connectivity index (χ1v) is 5.07. The molecule has 3 N–H and O–H groups in total. The minimum absolute atomic E-state index is 0. The molecule has 80 valence electrons. The van der Waals surface area contributed by atoms with Gasteiger partial charge in [-0.25, -0.2) is 0 Å². The fourth-order valence-electron chi connectivity index (χ4n) is 1.15. The van der Waals surface area contributed by atoms with Crippen LogP contribution in [0.25, 0.3) is 0 Å². The Bertz CT molecular complexity index is 293. The molecule has 0 radical (unpaired) electrons. The molecule has 0 amide bonds. The predicted octanol–water partition coefficient (Wildman–Crippen LogP) is 2.56. The van der Waals surface area contributed by atoms with Crippen LogP contribution >= 0.6 is 28.3 Å². The fraction of sp³-hybridized carbons (Fsp3) is 0.400. The van der Waals surface area contributed by atoms with E-state index in [0.717, 1.165) is 10.0 Å². The Morgan fingerprint density at radius 3 is 2.64 bits per heavy atom. The van der Waals surface area contributed by atoms with Gasteiger partial charge in [0.05, 0.1) is 0 Å². The summed E-state index contributed by atoms with van der Waals surface area (Å²) in [7, 11) is 0. The number of halogens is 2. The zero-order valence-corrected chi connectivity index (χ0v) is 10.4. The minimum atomic E-state index is -0.0677. The van der Waals surface area contributed by atoms with Crippen molar-refractivity contribution in [2.24, 2.45) is 5.73 Å². The summed E-state index contributed by atoms with van der Waals surface area (Å²) >= 11 is 3.45. The second kappa shape index (κ2) is 6.40. The van der Waals surface area contributed by atoms with Gasteiger partial charge in [0.15, 0.2) is 0 Å². The molecule has 0 fully saturated rings. The molecule has 0 saturated heterocycles. The first-order valence-electron chi connectivity index (χ1n) is 4.27. The van der Waals surface area contributed by atoms with Crippen molar-refractivity contribution in [3.63, 3.8) is 0 Å². The zero-order valence-electron chi connectivity index (χ0n) is 8.03. The van der Waals surface area contributed by atoms with E-state index in [4.69, 9.17) is 10.8 Å². The maximum atomic E-state index is 8.73. The van der Waals surface area contributed by atoms with Crippen LogP contribution in [0.15, 0.2) is 22.7 Å². The fourth-order valence-corrected chi connectivity index (χ4v) is 1.54. The third-order valence-corrected chi connectivity index (χ3v) is 2.92. The molecular weight excluding hydrogens is 265 g/mol. The third kappa shape index (κ3) is 3.58. The Morgan fingerprint density at radius 1 is 1.50 bits per heavy atom. The van der Waals surface area contributed by atoms with E-state index in [0.29, 0.717) is 6.42 Å². The van der Waals surface area contributed by atoms with Crippen molar-refractivity contribution in [2.75, 3.05) is 6.61 Å². The van der Waals surface area contributed by atoms with Gasteiger partial charge in [-0.3, -0.25) is 0 Å². The first-order chi connectivity index (χ1) is 6.15.